The first-order chi connectivity index (χ1) is 18.1. The van der Waals surface area contributed by atoms with E-state index in [2.05, 4.69) is 40.1 Å². The first kappa shape index (κ1) is 25.0. The molecule has 37 heavy (non-hydrogen) atoms. The maximum Gasteiger partial charge on any atom is 0.338 e. The fourth-order valence-electron chi connectivity index (χ4n) is 5.80. The number of carbonyl (C=O) groups excluding carboxylic acids is 2. The highest BCUT2D eigenvalue weighted by atomic mass is 16.5. The second-order valence-corrected chi connectivity index (χ2v) is 9.68. The molecular formula is C31H35N3O3. The summed E-state index contributed by atoms with van der Waals surface area (Å²) in [6, 6.07) is 26.2. The molecule has 2 aliphatic rings. The number of esters is 1. The Hall–Kier alpha value is -3.64. The molecule has 1 fully saturated rings. The van der Waals surface area contributed by atoms with E-state index in [-0.39, 0.29) is 11.9 Å². The first-order valence-electron chi connectivity index (χ1n) is 13.3. The number of piperazine rings is 1. The van der Waals surface area contributed by atoms with Crippen LogP contribution in [0.3, 0.4) is 0 Å². The number of carbonyl (C=O) groups is 2. The number of para-hydroxylation sites is 1. The zero-order valence-electron chi connectivity index (χ0n) is 21.7. The molecule has 3 aromatic rings. The van der Waals surface area contributed by atoms with Crippen LogP contribution in [0.1, 0.15) is 41.8 Å². The van der Waals surface area contributed by atoms with Gasteiger partial charge in [0.25, 0.3) is 0 Å². The van der Waals surface area contributed by atoms with Gasteiger partial charge in [-0.3, -0.25) is 9.69 Å². The molecule has 3 aromatic carbocycles. The van der Waals surface area contributed by atoms with Crippen LogP contribution < -0.4 is 9.80 Å². The summed E-state index contributed by atoms with van der Waals surface area (Å²) < 4.78 is 5.09. The third-order valence-corrected chi connectivity index (χ3v) is 7.77. The number of ether oxygens (including phenoxy) is 1. The Bertz CT molecular complexity index is 1240. The standard InChI is InChI=1S/C31H35N3O3/c1-3-34-28-13-9-8-12-27(28)31(30(34)36,25-10-6-5-7-11-25)18-19-32-20-22-33(23-21-32)26-16-14-24(15-17-26)29(35)37-4-2/h5-17H,3-4,18-23H2,1-2H3. The van der Waals surface area contributed by atoms with Crippen molar-refractivity contribution in [3.63, 3.8) is 0 Å². The number of nitrogens with zero attached hydrogens (tertiary/aromatic N) is 3. The third-order valence-electron chi connectivity index (χ3n) is 7.77. The van der Waals surface area contributed by atoms with Crippen LogP contribution >= 0.6 is 0 Å². The van der Waals surface area contributed by atoms with Gasteiger partial charge in [-0.05, 0) is 68.3 Å². The van der Waals surface area contributed by atoms with E-state index in [1.165, 1.54) is 0 Å². The molecule has 2 heterocycles. The molecule has 1 amide bonds. The fraction of sp³-hybridized carbons (Fsp3) is 0.355. The lowest BCUT2D eigenvalue weighted by atomic mass is 9.72. The van der Waals surface area contributed by atoms with Gasteiger partial charge in [-0.2, -0.15) is 0 Å². The van der Waals surface area contributed by atoms with Gasteiger partial charge in [0.15, 0.2) is 0 Å². The summed E-state index contributed by atoms with van der Waals surface area (Å²) in [4.78, 5) is 32.7. The first-order valence-corrected chi connectivity index (χ1v) is 13.3. The van der Waals surface area contributed by atoms with E-state index in [0.717, 1.165) is 61.6 Å². The molecule has 0 spiro atoms. The normalized spacial score (nSPS) is 19.7. The average Bonchev–Trinajstić information content (AvgIpc) is 3.20. The summed E-state index contributed by atoms with van der Waals surface area (Å²) >= 11 is 0. The minimum atomic E-state index is -0.659. The molecule has 1 unspecified atom stereocenters. The lowest BCUT2D eigenvalue weighted by Gasteiger charge is -2.38. The van der Waals surface area contributed by atoms with Crippen molar-refractivity contribution in [3.8, 4) is 0 Å². The number of anilines is 2. The molecule has 1 atom stereocenters. The van der Waals surface area contributed by atoms with Crippen molar-refractivity contribution in [2.45, 2.75) is 25.7 Å². The van der Waals surface area contributed by atoms with Crippen LogP contribution in [-0.4, -0.2) is 62.7 Å². The average molecular weight is 498 g/mol. The van der Waals surface area contributed by atoms with E-state index in [0.29, 0.717) is 18.7 Å². The third kappa shape index (κ3) is 4.62. The van der Waals surface area contributed by atoms with Crippen LogP contribution in [0.2, 0.25) is 0 Å². The van der Waals surface area contributed by atoms with E-state index in [1.807, 2.05) is 67.3 Å². The SMILES string of the molecule is CCOC(=O)c1ccc(N2CCN(CCC3(c4ccccc4)C(=O)N(CC)c4ccccc43)CC2)cc1. The Morgan fingerprint density at radius 1 is 0.865 bits per heavy atom. The van der Waals surface area contributed by atoms with E-state index in [1.54, 1.807) is 0 Å². The van der Waals surface area contributed by atoms with Crippen LogP contribution in [0.5, 0.6) is 0 Å². The minimum absolute atomic E-state index is 0.183. The molecule has 6 heteroatoms. The number of hydrogen-bond acceptors (Lipinski definition) is 5. The molecule has 0 aliphatic carbocycles. The predicted octanol–water partition coefficient (Wildman–Crippen LogP) is 4.73. The fourth-order valence-corrected chi connectivity index (χ4v) is 5.80. The largest absolute Gasteiger partial charge is 0.462 e. The Balaban J connectivity index is 1.30. The highest BCUT2D eigenvalue weighted by Gasteiger charge is 2.51. The topological polar surface area (TPSA) is 53.1 Å². The Kier molecular flexibility index (Phi) is 7.28. The van der Waals surface area contributed by atoms with Crippen molar-refractivity contribution in [2.75, 3.05) is 55.7 Å². The maximum atomic E-state index is 14.0. The van der Waals surface area contributed by atoms with Gasteiger partial charge in [0.1, 0.15) is 5.41 Å². The molecule has 0 aromatic heterocycles. The van der Waals surface area contributed by atoms with Gasteiger partial charge in [-0.15, -0.1) is 0 Å². The minimum Gasteiger partial charge on any atom is -0.462 e. The van der Waals surface area contributed by atoms with Crippen LogP contribution in [0.4, 0.5) is 11.4 Å². The molecule has 192 valence electrons. The van der Waals surface area contributed by atoms with Gasteiger partial charge in [-0.25, -0.2) is 4.79 Å². The molecule has 1 saturated heterocycles. The number of benzene rings is 3. The zero-order chi connectivity index (χ0) is 25.8. The van der Waals surface area contributed by atoms with Crippen molar-refractivity contribution >= 4 is 23.3 Å². The molecule has 0 N–H and O–H groups in total. The van der Waals surface area contributed by atoms with Crippen molar-refractivity contribution in [1.29, 1.82) is 0 Å². The van der Waals surface area contributed by atoms with Crippen molar-refractivity contribution < 1.29 is 14.3 Å². The molecule has 0 bridgehead atoms. The van der Waals surface area contributed by atoms with Gasteiger partial charge in [-0.1, -0.05) is 48.5 Å². The zero-order valence-corrected chi connectivity index (χ0v) is 21.7. The summed E-state index contributed by atoms with van der Waals surface area (Å²) in [7, 11) is 0. The predicted molar refractivity (Wildman–Crippen MR) is 147 cm³/mol. The smallest absolute Gasteiger partial charge is 0.338 e. The molecule has 5 rings (SSSR count). The molecule has 6 nitrogen and oxygen atoms in total. The summed E-state index contributed by atoms with van der Waals surface area (Å²) in [5, 5.41) is 0. The van der Waals surface area contributed by atoms with Gasteiger partial charge >= 0.3 is 5.97 Å². The van der Waals surface area contributed by atoms with Crippen molar-refractivity contribution in [3.05, 3.63) is 95.6 Å². The lowest BCUT2D eigenvalue weighted by molar-refractivity contribution is -0.122. The van der Waals surface area contributed by atoms with E-state index >= 15 is 0 Å². The van der Waals surface area contributed by atoms with Crippen LogP contribution in [0, 0.1) is 0 Å². The molecule has 0 radical (unpaired) electrons. The molecular weight excluding hydrogens is 462 g/mol. The quantitative estimate of drug-likeness (QED) is 0.421. The number of rotatable bonds is 8. The number of amides is 1. The number of likely N-dealkylation sites (N-methyl/N-ethyl adjacent to an activating group) is 1. The highest BCUT2D eigenvalue weighted by molar-refractivity contribution is 6.10. The van der Waals surface area contributed by atoms with Gasteiger partial charge in [0, 0.05) is 44.1 Å². The van der Waals surface area contributed by atoms with E-state index in [9.17, 15) is 9.59 Å². The number of fused-ring (bicyclic) bond motifs is 1. The van der Waals surface area contributed by atoms with E-state index in [4.69, 9.17) is 4.74 Å². The Labute approximate surface area is 219 Å². The van der Waals surface area contributed by atoms with Gasteiger partial charge in [0.2, 0.25) is 5.91 Å². The van der Waals surface area contributed by atoms with Crippen LogP contribution in [-0.2, 0) is 14.9 Å². The molecule has 2 aliphatic heterocycles. The summed E-state index contributed by atoms with van der Waals surface area (Å²) in [5.74, 6) is -0.0985. The summed E-state index contributed by atoms with van der Waals surface area (Å²) in [6.07, 6.45) is 0.748. The van der Waals surface area contributed by atoms with Crippen LogP contribution in [0.15, 0.2) is 78.9 Å². The Morgan fingerprint density at radius 3 is 2.22 bits per heavy atom. The van der Waals surface area contributed by atoms with Gasteiger partial charge < -0.3 is 14.5 Å². The molecule has 0 saturated carbocycles. The second kappa shape index (κ2) is 10.8. The number of hydrogen-bond donors (Lipinski definition) is 0. The summed E-state index contributed by atoms with van der Waals surface area (Å²) in [6.45, 7) is 9.42. The maximum absolute atomic E-state index is 14.0. The second-order valence-electron chi connectivity index (χ2n) is 9.68. The van der Waals surface area contributed by atoms with E-state index < -0.39 is 5.41 Å². The summed E-state index contributed by atoms with van der Waals surface area (Å²) in [5.41, 5.74) is 4.27. The van der Waals surface area contributed by atoms with Crippen molar-refractivity contribution in [1.82, 2.24) is 4.90 Å². The monoisotopic (exact) mass is 497 g/mol. The highest BCUT2D eigenvalue weighted by Crippen LogP contribution is 2.48. The van der Waals surface area contributed by atoms with Crippen molar-refractivity contribution in [2.24, 2.45) is 0 Å². The Morgan fingerprint density at radius 2 is 1.54 bits per heavy atom. The van der Waals surface area contributed by atoms with Crippen LogP contribution in [0.25, 0.3) is 0 Å². The lowest BCUT2D eigenvalue weighted by Crippen LogP contribution is -2.49. The van der Waals surface area contributed by atoms with Gasteiger partial charge in [0.05, 0.1) is 12.2 Å².